The maximum Gasteiger partial charge on any atom is 0.160 e. The third-order valence-corrected chi connectivity index (χ3v) is 11.4. The molecular weight excluding hydrogens is 693 g/mol. The van der Waals surface area contributed by atoms with Crippen LogP contribution in [0.4, 0.5) is 0 Å². The van der Waals surface area contributed by atoms with E-state index in [2.05, 4.69) is 193 Å². The lowest BCUT2D eigenvalue weighted by atomic mass is 9.91. The summed E-state index contributed by atoms with van der Waals surface area (Å²) in [5, 5.41) is 5.82. The summed E-state index contributed by atoms with van der Waals surface area (Å²) in [5.41, 5.74) is 14.1. The van der Waals surface area contributed by atoms with Gasteiger partial charge in [-0.25, -0.2) is 15.0 Å². The molecule has 0 radical (unpaired) electrons. The fourth-order valence-corrected chi connectivity index (χ4v) is 8.65. The number of benzene rings is 7. The number of allylic oxidation sites excluding steroid dienone is 4. The van der Waals surface area contributed by atoms with Crippen molar-refractivity contribution >= 4 is 54.6 Å². The first kappa shape index (κ1) is 33.0. The van der Waals surface area contributed by atoms with Gasteiger partial charge in [-0.1, -0.05) is 170 Å². The molecule has 4 heteroatoms. The molecule has 0 saturated carbocycles. The fraction of sp³-hybridized carbons (Fsp3) is 0.0377. The fourth-order valence-electron chi connectivity index (χ4n) is 8.65. The van der Waals surface area contributed by atoms with Crippen molar-refractivity contribution in [3.8, 4) is 39.6 Å². The van der Waals surface area contributed by atoms with Gasteiger partial charge in [0.1, 0.15) is 0 Å². The van der Waals surface area contributed by atoms with Crippen LogP contribution in [0.25, 0.3) is 94.2 Å². The molecule has 7 aromatic carbocycles. The second kappa shape index (κ2) is 13.7. The summed E-state index contributed by atoms with van der Waals surface area (Å²) in [4.78, 5) is 15.9. The number of aromatic nitrogens is 4. The van der Waals surface area contributed by atoms with Crippen molar-refractivity contribution in [2.75, 3.05) is 0 Å². The number of pyridine rings is 1. The van der Waals surface area contributed by atoms with Crippen LogP contribution in [0, 0.1) is 0 Å². The minimum absolute atomic E-state index is 0.725. The molecule has 11 rings (SSSR count). The van der Waals surface area contributed by atoms with Gasteiger partial charge in [-0.05, 0) is 59.2 Å². The predicted molar refractivity (Wildman–Crippen MR) is 237 cm³/mol. The molecule has 0 aliphatic heterocycles. The van der Waals surface area contributed by atoms with Gasteiger partial charge in [0, 0.05) is 38.2 Å². The second-order valence-corrected chi connectivity index (χ2v) is 14.7. The lowest BCUT2D eigenvalue weighted by Crippen LogP contribution is -2.02. The monoisotopic (exact) mass is 728 g/mol. The van der Waals surface area contributed by atoms with Gasteiger partial charge in [0.05, 0.1) is 39.3 Å². The van der Waals surface area contributed by atoms with Gasteiger partial charge in [0.15, 0.2) is 5.82 Å². The first-order valence-electron chi connectivity index (χ1n) is 19.6. The van der Waals surface area contributed by atoms with E-state index in [-0.39, 0.29) is 0 Å². The van der Waals surface area contributed by atoms with E-state index in [4.69, 9.17) is 15.0 Å². The first-order valence-corrected chi connectivity index (χ1v) is 19.6. The molecule has 57 heavy (non-hydrogen) atoms. The van der Waals surface area contributed by atoms with Crippen molar-refractivity contribution in [3.05, 3.63) is 205 Å². The molecule has 1 aliphatic rings. The van der Waals surface area contributed by atoms with Crippen LogP contribution in [-0.2, 0) is 0 Å². The zero-order valence-electron chi connectivity index (χ0n) is 31.2. The molecular formula is C53H36N4. The molecule has 268 valence electrons. The summed E-state index contributed by atoms with van der Waals surface area (Å²) in [6, 6.07) is 64.3. The number of para-hydroxylation sites is 2. The van der Waals surface area contributed by atoms with E-state index in [1.807, 2.05) is 6.07 Å². The minimum Gasteiger partial charge on any atom is -0.306 e. The van der Waals surface area contributed by atoms with Gasteiger partial charge in [-0.15, -0.1) is 0 Å². The van der Waals surface area contributed by atoms with Crippen molar-refractivity contribution in [1.82, 2.24) is 19.5 Å². The summed E-state index contributed by atoms with van der Waals surface area (Å²) >= 11 is 0. The van der Waals surface area contributed by atoms with Crippen molar-refractivity contribution in [2.24, 2.45) is 0 Å². The average Bonchev–Trinajstić information content (AvgIpc) is 3.64. The summed E-state index contributed by atoms with van der Waals surface area (Å²) in [5.74, 6) is 0.725. The average molecular weight is 729 g/mol. The number of rotatable bonds is 6. The molecule has 0 N–H and O–H groups in total. The number of hydrogen-bond acceptors (Lipinski definition) is 3. The Morgan fingerprint density at radius 2 is 1.00 bits per heavy atom. The summed E-state index contributed by atoms with van der Waals surface area (Å²) in [6.07, 6.45) is 6.38. The number of hydrogen-bond donors (Lipinski definition) is 0. The number of nitrogens with zero attached hydrogens (tertiary/aromatic N) is 4. The molecule has 0 unspecified atom stereocenters. The molecule has 4 nitrogen and oxygen atoms in total. The Bertz CT molecular complexity index is 3210. The van der Waals surface area contributed by atoms with E-state index in [0.29, 0.717) is 0 Å². The van der Waals surface area contributed by atoms with Crippen LogP contribution in [0.3, 0.4) is 0 Å². The van der Waals surface area contributed by atoms with Crippen LogP contribution in [0.2, 0.25) is 0 Å². The lowest BCUT2D eigenvalue weighted by molar-refractivity contribution is 1.04. The van der Waals surface area contributed by atoms with Crippen LogP contribution < -0.4 is 0 Å². The highest BCUT2D eigenvalue weighted by Crippen LogP contribution is 2.43. The molecule has 0 amide bonds. The Morgan fingerprint density at radius 1 is 0.421 bits per heavy atom. The van der Waals surface area contributed by atoms with Crippen LogP contribution in [0.1, 0.15) is 24.1 Å². The van der Waals surface area contributed by atoms with Crippen LogP contribution in [-0.4, -0.2) is 19.5 Å². The smallest absolute Gasteiger partial charge is 0.160 e. The van der Waals surface area contributed by atoms with E-state index >= 15 is 0 Å². The highest BCUT2D eigenvalue weighted by molar-refractivity contribution is 6.24. The molecule has 0 atom stereocenters. The Labute approximate surface area is 330 Å². The van der Waals surface area contributed by atoms with Crippen LogP contribution in [0.15, 0.2) is 194 Å². The maximum atomic E-state index is 5.37. The quantitative estimate of drug-likeness (QED) is 0.171. The standard InChI is InChI=1S/C53H36N4/c1-4-16-35(17-5-1)36-28-30-37(31-29-36)46-34-47(56-53(55-46)39-20-8-3-9-21-39)41-32-33-49(42-23-11-10-22-40(41)42)57-48-27-15-13-25-44(48)50-43-24-12-14-26-45(43)54-51(52(50)57)38-18-6-2-7-19-38/h1-28,30,32-34H,29,31H2. The lowest BCUT2D eigenvalue weighted by Gasteiger charge is -2.18. The van der Waals surface area contributed by atoms with Crippen molar-refractivity contribution in [2.45, 2.75) is 12.8 Å². The third-order valence-electron chi connectivity index (χ3n) is 11.4. The Hall–Kier alpha value is -7.43. The minimum atomic E-state index is 0.725. The van der Waals surface area contributed by atoms with Gasteiger partial charge >= 0.3 is 0 Å². The normalized spacial score (nSPS) is 13.0. The molecule has 0 fully saturated rings. The molecule has 0 bridgehead atoms. The van der Waals surface area contributed by atoms with E-state index in [0.717, 1.165) is 90.8 Å². The topological polar surface area (TPSA) is 43.6 Å². The van der Waals surface area contributed by atoms with Gasteiger partial charge in [0.25, 0.3) is 0 Å². The van der Waals surface area contributed by atoms with Gasteiger partial charge < -0.3 is 4.57 Å². The summed E-state index contributed by atoms with van der Waals surface area (Å²) < 4.78 is 2.43. The zero-order chi connectivity index (χ0) is 37.7. The van der Waals surface area contributed by atoms with Gasteiger partial charge in [-0.3, -0.25) is 0 Å². The Kier molecular flexibility index (Phi) is 7.92. The van der Waals surface area contributed by atoms with Crippen molar-refractivity contribution in [1.29, 1.82) is 0 Å². The third kappa shape index (κ3) is 5.65. The summed E-state index contributed by atoms with van der Waals surface area (Å²) in [7, 11) is 0. The maximum absolute atomic E-state index is 5.37. The number of fused-ring (bicyclic) bond motifs is 6. The van der Waals surface area contributed by atoms with Crippen molar-refractivity contribution in [3.63, 3.8) is 0 Å². The van der Waals surface area contributed by atoms with Crippen LogP contribution >= 0.6 is 0 Å². The van der Waals surface area contributed by atoms with Gasteiger partial charge in [-0.2, -0.15) is 0 Å². The zero-order valence-corrected chi connectivity index (χ0v) is 31.2. The largest absolute Gasteiger partial charge is 0.306 e. The molecule has 0 saturated heterocycles. The van der Waals surface area contributed by atoms with Gasteiger partial charge in [0.2, 0.25) is 0 Å². The molecule has 10 aromatic rings. The Balaban J connectivity index is 1.15. The van der Waals surface area contributed by atoms with E-state index in [1.54, 1.807) is 0 Å². The summed E-state index contributed by atoms with van der Waals surface area (Å²) in [6.45, 7) is 0. The van der Waals surface area contributed by atoms with Crippen molar-refractivity contribution < 1.29 is 0 Å². The van der Waals surface area contributed by atoms with E-state index in [9.17, 15) is 0 Å². The van der Waals surface area contributed by atoms with E-state index in [1.165, 1.54) is 27.5 Å². The molecule has 3 heterocycles. The SMILES string of the molecule is C1=C(c2ccccc2)CCC(c2cc(-c3ccc(-n4c5ccccc5c5c6ccccc6nc(-c6ccccc6)c54)c4ccccc34)nc(-c3ccccc3)n2)=C1. The van der Waals surface area contributed by atoms with Crippen LogP contribution in [0.5, 0.6) is 0 Å². The molecule has 3 aromatic heterocycles. The highest BCUT2D eigenvalue weighted by atomic mass is 15.0. The Morgan fingerprint density at radius 3 is 1.74 bits per heavy atom. The van der Waals surface area contributed by atoms with E-state index < -0.39 is 0 Å². The second-order valence-electron chi connectivity index (χ2n) is 14.7. The first-order chi connectivity index (χ1) is 28.3. The molecule has 1 aliphatic carbocycles. The highest BCUT2D eigenvalue weighted by Gasteiger charge is 2.23. The molecule has 0 spiro atoms. The predicted octanol–water partition coefficient (Wildman–Crippen LogP) is 13.5.